The standard InChI is InChI=1S/C10H15N3S/c11-4-10-12-5-9(6-13-10)8-2-1-3-14-7-8/h5-6,8H,1-4,7,11H2. The highest BCUT2D eigenvalue weighted by atomic mass is 32.2. The van der Waals surface area contributed by atoms with Gasteiger partial charge in [-0.3, -0.25) is 0 Å². The smallest absolute Gasteiger partial charge is 0.141 e. The van der Waals surface area contributed by atoms with Crippen molar-refractivity contribution in [2.45, 2.75) is 25.3 Å². The average Bonchev–Trinajstić information content (AvgIpc) is 2.30. The maximum absolute atomic E-state index is 5.45. The summed E-state index contributed by atoms with van der Waals surface area (Å²) in [6.45, 7) is 0.430. The van der Waals surface area contributed by atoms with Crippen LogP contribution in [0.1, 0.15) is 30.1 Å². The topological polar surface area (TPSA) is 51.8 Å². The normalized spacial score (nSPS) is 22.2. The summed E-state index contributed by atoms with van der Waals surface area (Å²) < 4.78 is 0. The Bertz CT molecular complexity index is 280. The van der Waals surface area contributed by atoms with E-state index >= 15 is 0 Å². The predicted molar refractivity (Wildman–Crippen MR) is 59.2 cm³/mol. The molecule has 3 nitrogen and oxygen atoms in total. The molecule has 1 atom stereocenters. The molecule has 1 saturated heterocycles. The van der Waals surface area contributed by atoms with Crippen LogP contribution in [0.15, 0.2) is 12.4 Å². The first-order chi connectivity index (χ1) is 6.90. The van der Waals surface area contributed by atoms with Crippen LogP contribution >= 0.6 is 11.8 Å². The van der Waals surface area contributed by atoms with E-state index in [0.717, 1.165) is 5.82 Å². The van der Waals surface area contributed by atoms with Gasteiger partial charge in [0.05, 0.1) is 6.54 Å². The second-order valence-corrected chi connectivity index (χ2v) is 4.70. The summed E-state index contributed by atoms with van der Waals surface area (Å²) in [4.78, 5) is 8.45. The molecule has 1 fully saturated rings. The van der Waals surface area contributed by atoms with Gasteiger partial charge in [-0.05, 0) is 30.1 Å². The summed E-state index contributed by atoms with van der Waals surface area (Å²) in [5, 5.41) is 0. The van der Waals surface area contributed by atoms with Gasteiger partial charge in [0.15, 0.2) is 0 Å². The fourth-order valence-corrected chi connectivity index (χ4v) is 2.87. The largest absolute Gasteiger partial charge is 0.324 e. The number of thioether (sulfide) groups is 1. The fourth-order valence-electron chi connectivity index (χ4n) is 1.68. The second-order valence-electron chi connectivity index (χ2n) is 3.55. The van der Waals surface area contributed by atoms with E-state index in [0.29, 0.717) is 12.5 Å². The molecule has 0 spiro atoms. The molecule has 1 aliphatic rings. The molecular formula is C10H15N3S. The maximum atomic E-state index is 5.45. The Balaban J connectivity index is 2.07. The highest BCUT2D eigenvalue weighted by Gasteiger charge is 2.16. The average molecular weight is 209 g/mol. The lowest BCUT2D eigenvalue weighted by molar-refractivity contribution is 0.652. The molecule has 2 N–H and O–H groups in total. The maximum Gasteiger partial charge on any atom is 0.141 e. The highest BCUT2D eigenvalue weighted by molar-refractivity contribution is 7.99. The van der Waals surface area contributed by atoms with Gasteiger partial charge in [-0.25, -0.2) is 9.97 Å². The van der Waals surface area contributed by atoms with Crippen molar-refractivity contribution in [3.63, 3.8) is 0 Å². The van der Waals surface area contributed by atoms with Crippen LogP contribution in [0.4, 0.5) is 0 Å². The first-order valence-corrected chi connectivity index (χ1v) is 6.14. The zero-order valence-electron chi connectivity index (χ0n) is 8.15. The Labute approximate surface area is 88.5 Å². The van der Waals surface area contributed by atoms with Gasteiger partial charge in [0.2, 0.25) is 0 Å². The molecule has 2 rings (SSSR count). The van der Waals surface area contributed by atoms with Gasteiger partial charge in [-0.2, -0.15) is 11.8 Å². The molecule has 0 radical (unpaired) electrons. The number of nitrogens with zero attached hydrogens (tertiary/aromatic N) is 2. The minimum atomic E-state index is 0.430. The molecule has 14 heavy (non-hydrogen) atoms. The third-order valence-electron chi connectivity index (χ3n) is 2.54. The minimum absolute atomic E-state index is 0.430. The summed E-state index contributed by atoms with van der Waals surface area (Å²) in [7, 11) is 0. The Hall–Kier alpha value is -0.610. The number of hydrogen-bond acceptors (Lipinski definition) is 4. The molecule has 76 valence electrons. The number of nitrogens with two attached hydrogens (primary N) is 1. The predicted octanol–water partition coefficient (Wildman–Crippen LogP) is 1.55. The van der Waals surface area contributed by atoms with E-state index in [4.69, 9.17) is 5.73 Å². The van der Waals surface area contributed by atoms with Crippen LogP contribution in [0, 0.1) is 0 Å². The third kappa shape index (κ3) is 2.25. The van der Waals surface area contributed by atoms with E-state index in [1.165, 1.54) is 29.9 Å². The van der Waals surface area contributed by atoms with E-state index in [-0.39, 0.29) is 0 Å². The van der Waals surface area contributed by atoms with E-state index in [2.05, 4.69) is 9.97 Å². The Kier molecular flexibility index (Phi) is 3.37. The molecule has 1 aromatic heterocycles. The third-order valence-corrected chi connectivity index (χ3v) is 3.75. The summed E-state index contributed by atoms with van der Waals surface area (Å²) in [5.74, 6) is 3.90. The van der Waals surface area contributed by atoms with Crippen LogP contribution in [-0.2, 0) is 6.54 Å². The van der Waals surface area contributed by atoms with Gasteiger partial charge in [0.25, 0.3) is 0 Å². The fraction of sp³-hybridized carbons (Fsp3) is 0.600. The number of aromatic nitrogens is 2. The lowest BCUT2D eigenvalue weighted by Crippen LogP contribution is -2.10. The molecule has 0 aromatic carbocycles. The van der Waals surface area contributed by atoms with Crippen LogP contribution in [0.5, 0.6) is 0 Å². The first-order valence-electron chi connectivity index (χ1n) is 4.99. The van der Waals surface area contributed by atoms with Crippen LogP contribution < -0.4 is 5.73 Å². The molecule has 2 heterocycles. The van der Waals surface area contributed by atoms with E-state index in [1.54, 1.807) is 0 Å². The van der Waals surface area contributed by atoms with Crippen molar-refractivity contribution in [3.05, 3.63) is 23.8 Å². The summed E-state index contributed by atoms with van der Waals surface area (Å²) in [5.41, 5.74) is 6.72. The zero-order chi connectivity index (χ0) is 9.80. The van der Waals surface area contributed by atoms with Gasteiger partial charge in [0, 0.05) is 18.1 Å². The lowest BCUT2D eigenvalue weighted by Gasteiger charge is -2.20. The van der Waals surface area contributed by atoms with Crippen molar-refractivity contribution in [2.75, 3.05) is 11.5 Å². The van der Waals surface area contributed by atoms with Gasteiger partial charge >= 0.3 is 0 Å². The molecular weight excluding hydrogens is 194 g/mol. The molecule has 1 aliphatic heterocycles. The van der Waals surface area contributed by atoms with Crippen LogP contribution in [0.2, 0.25) is 0 Å². The zero-order valence-corrected chi connectivity index (χ0v) is 8.96. The van der Waals surface area contributed by atoms with E-state index in [9.17, 15) is 0 Å². The van der Waals surface area contributed by atoms with Crippen molar-refractivity contribution in [3.8, 4) is 0 Å². The van der Waals surface area contributed by atoms with Crippen LogP contribution in [0.25, 0.3) is 0 Å². The van der Waals surface area contributed by atoms with Crippen LogP contribution in [-0.4, -0.2) is 21.5 Å². The first kappa shape index (κ1) is 9.93. The van der Waals surface area contributed by atoms with E-state index in [1.807, 2.05) is 24.2 Å². The molecule has 1 unspecified atom stereocenters. The summed E-state index contributed by atoms with van der Waals surface area (Å²) in [6, 6.07) is 0. The quantitative estimate of drug-likeness (QED) is 0.803. The van der Waals surface area contributed by atoms with E-state index < -0.39 is 0 Å². The second kappa shape index (κ2) is 4.75. The van der Waals surface area contributed by atoms with Crippen molar-refractivity contribution >= 4 is 11.8 Å². The van der Waals surface area contributed by atoms with Crippen molar-refractivity contribution in [2.24, 2.45) is 5.73 Å². The summed E-state index contributed by atoms with van der Waals surface area (Å²) in [6.07, 6.45) is 6.46. The molecule has 0 amide bonds. The Morgan fingerprint density at radius 2 is 2.21 bits per heavy atom. The Morgan fingerprint density at radius 3 is 2.79 bits per heavy atom. The SMILES string of the molecule is NCc1ncc(C2CCCSC2)cn1. The summed E-state index contributed by atoms with van der Waals surface area (Å²) >= 11 is 2.03. The monoisotopic (exact) mass is 209 g/mol. The molecule has 0 aliphatic carbocycles. The Morgan fingerprint density at radius 1 is 1.43 bits per heavy atom. The number of rotatable bonds is 2. The van der Waals surface area contributed by atoms with Gasteiger partial charge < -0.3 is 5.73 Å². The molecule has 4 heteroatoms. The highest BCUT2D eigenvalue weighted by Crippen LogP contribution is 2.30. The molecule has 0 saturated carbocycles. The number of hydrogen-bond donors (Lipinski definition) is 1. The van der Waals surface area contributed by atoms with Gasteiger partial charge in [-0.1, -0.05) is 0 Å². The van der Waals surface area contributed by atoms with Crippen molar-refractivity contribution in [1.82, 2.24) is 9.97 Å². The molecule has 0 bridgehead atoms. The van der Waals surface area contributed by atoms with Crippen molar-refractivity contribution in [1.29, 1.82) is 0 Å². The van der Waals surface area contributed by atoms with Crippen molar-refractivity contribution < 1.29 is 0 Å². The van der Waals surface area contributed by atoms with Gasteiger partial charge in [0.1, 0.15) is 5.82 Å². The van der Waals surface area contributed by atoms with Crippen LogP contribution in [0.3, 0.4) is 0 Å². The minimum Gasteiger partial charge on any atom is -0.324 e. The van der Waals surface area contributed by atoms with Gasteiger partial charge in [-0.15, -0.1) is 0 Å². The lowest BCUT2D eigenvalue weighted by atomic mass is 9.99. The molecule has 1 aromatic rings.